The number of hydrogen-bond acceptors (Lipinski definition) is 6. The molecule has 1 aliphatic heterocycles. The summed E-state index contributed by atoms with van der Waals surface area (Å²) in [4.78, 5) is 22.7. The number of carbonyl (C=O) groups is 1. The maximum Gasteiger partial charge on any atom is 0.263 e. The zero-order chi connectivity index (χ0) is 16.9. The summed E-state index contributed by atoms with van der Waals surface area (Å²) in [6, 6.07) is 3.55. The number of hydrogen-bond donors (Lipinski definition) is 1. The van der Waals surface area contributed by atoms with Crippen molar-refractivity contribution in [1.82, 2.24) is 25.1 Å². The number of ether oxygens (including phenoxy) is 2. The van der Waals surface area contributed by atoms with Crippen LogP contribution in [-0.4, -0.2) is 56.8 Å². The van der Waals surface area contributed by atoms with Crippen LogP contribution in [0, 0.1) is 0 Å². The highest BCUT2D eigenvalue weighted by atomic mass is 16.5. The standard InChI is InChI=1S/C16H21N5O3/c1-3-14-18-15(20-19-14)13-10-21(7-8-23-13)16(22)11(2)24-12-5-4-6-17-9-12/h4-6,9,11,13H,3,7-8,10H2,1-2H3,(H,18,19,20)/t11-,13-/m1/s1. The Bertz CT molecular complexity index is 675. The first-order valence-corrected chi connectivity index (χ1v) is 8.05. The molecule has 0 unspecified atom stereocenters. The van der Waals surface area contributed by atoms with Crippen LogP contribution < -0.4 is 4.74 Å². The van der Waals surface area contributed by atoms with Crippen molar-refractivity contribution in [2.45, 2.75) is 32.5 Å². The molecular formula is C16H21N5O3. The third kappa shape index (κ3) is 3.70. The van der Waals surface area contributed by atoms with Crippen LogP contribution in [0.25, 0.3) is 0 Å². The molecule has 0 saturated carbocycles. The Morgan fingerprint density at radius 2 is 2.46 bits per heavy atom. The van der Waals surface area contributed by atoms with Gasteiger partial charge in [-0.15, -0.1) is 0 Å². The first-order chi connectivity index (χ1) is 11.7. The maximum absolute atomic E-state index is 12.6. The van der Waals surface area contributed by atoms with Crippen LogP contribution in [0.2, 0.25) is 0 Å². The molecule has 1 amide bonds. The lowest BCUT2D eigenvalue weighted by molar-refractivity contribution is -0.146. The zero-order valence-electron chi connectivity index (χ0n) is 13.8. The van der Waals surface area contributed by atoms with Crippen molar-refractivity contribution in [2.24, 2.45) is 0 Å². The van der Waals surface area contributed by atoms with E-state index in [-0.39, 0.29) is 12.0 Å². The number of aryl methyl sites for hydroxylation is 1. The lowest BCUT2D eigenvalue weighted by Crippen LogP contribution is -2.47. The summed E-state index contributed by atoms with van der Waals surface area (Å²) < 4.78 is 11.4. The van der Waals surface area contributed by atoms with Crippen molar-refractivity contribution in [3.8, 4) is 5.75 Å². The van der Waals surface area contributed by atoms with Crippen LogP contribution in [0.3, 0.4) is 0 Å². The lowest BCUT2D eigenvalue weighted by atomic mass is 10.2. The molecule has 24 heavy (non-hydrogen) atoms. The highest BCUT2D eigenvalue weighted by Gasteiger charge is 2.31. The van der Waals surface area contributed by atoms with Gasteiger partial charge < -0.3 is 14.4 Å². The molecule has 2 aromatic heterocycles. The number of aromatic amines is 1. The molecule has 8 heteroatoms. The Hall–Kier alpha value is -2.48. The topological polar surface area (TPSA) is 93.2 Å². The largest absolute Gasteiger partial charge is 0.479 e. The minimum atomic E-state index is -0.591. The number of amides is 1. The van der Waals surface area contributed by atoms with E-state index in [2.05, 4.69) is 20.2 Å². The van der Waals surface area contributed by atoms with Crippen LogP contribution in [-0.2, 0) is 16.0 Å². The van der Waals surface area contributed by atoms with Crippen LogP contribution in [0.15, 0.2) is 24.5 Å². The fourth-order valence-electron chi connectivity index (χ4n) is 2.55. The fraction of sp³-hybridized carbons (Fsp3) is 0.500. The molecule has 0 aliphatic carbocycles. The molecule has 2 atom stereocenters. The monoisotopic (exact) mass is 331 g/mol. The molecule has 1 fully saturated rings. The molecular weight excluding hydrogens is 310 g/mol. The Morgan fingerprint density at radius 3 is 3.17 bits per heavy atom. The fourth-order valence-corrected chi connectivity index (χ4v) is 2.55. The Labute approximate surface area is 140 Å². The van der Waals surface area contributed by atoms with Gasteiger partial charge in [0.05, 0.1) is 19.3 Å². The summed E-state index contributed by atoms with van der Waals surface area (Å²) in [6.07, 6.45) is 3.12. The predicted molar refractivity (Wildman–Crippen MR) is 85.4 cm³/mol. The van der Waals surface area contributed by atoms with E-state index in [0.717, 1.165) is 12.2 Å². The second-order valence-electron chi connectivity index (χ2n) is 5.59. The zero-order valence-corrected chi connectivity index (χ0v) is 13.8. The van der Waals surface area contributed by atoms with Crippen LogP contribution in [0.1, 0.15) is 31.6 Å². The van der Waals surface area contributed by atoms with E-state index in [1.807, 2.05) is 6.92 Å². The molecule has 0 aromatic carbocycles. The number of pyridine rings is 1. The summed E-state index contributed by atoms with van der Waals surface area (Å²) in [5, 5.41) is 7.05. The average molecular weight is 331 g/mol. The van der Waals surface area contributed by atoms with E-state index in [4.69, 9.17) is 9.47 Å². The van der Waals surface area contributed by atoms with Gasteiger partial charge in [0.1, 0.15) is 17.7 Å². The second kappa shape index (κ2) is 7.39. The summed E-state index contributed by atoms with van der Waals surface area (Å²) in [7, 11) is 0. The van der Waals surface area contributed by atoms with Gasteiger partial charge in [-0.3, -0.25) is 14.9 Å². The van der Waals surface area contributed by atoms with Gasteiger partial charge in [-0.05, 0) is 19.1 Å². The Kier molecular flexibility index (Phi) is 5.05. The van der Waals surface area contributed by atoms with E-state index in [9.17, 15) is 4.79 Å². The van der Waals surface area contributed by atoms with Gasteiger partial charge in [0.25, 0.3) is 5.91 Å². The van der Waals surface area contributed by atoms with Crippen LogP contribution >= 0.6 is 0 Å². The molecule has 128 valence electrons. The third-order valence-electron chi connectivity index (χ3n) is 3.85. The van der Waals surface area contributed by atoms with Crippen molar-refractivity contribution < 1.29 is 14.3 Å². The maximum atomic E-state index is 12.6. The number of rotatable bonds is 5. The lowest BCUT2D eigenvalue weighted by Gasteiger charge is -2.33. The van der Waals surface area contributed by atoms with Gasteiger partial charge in [0.15, 0.2) is 11.9 Å². The summed E-state index contributed by atoms with van der Waals surface area (Å²) in [5.41, 5.74) is 0. The molecule has 0 radical (unpaired) electrons. The number of H-pyrrole nitrogens is 1. The van der Waals surface area contributed by atoms with Crippen molar-refractivity contribution in [3.05, 3.63) is 36.2 Å². The molecule has 1 saturated heterocycles. The summed E-state index contributed by atoms with van der Waals surface area (Å²) in [6.45, 7) is 5.13. The molecule has 0 bridgehead atoms. The van der Waals surface area contributed by atoms with Gasteiger partial charge in [-0.1, -0.05) is 6.92 Å². The molecule has 8 nitrogen and oxygen atoms in total. The normalized spacial score (nSPS) is 19.1. The van der Waals surface area contributed by atoms with Crippen molar-refractivity contribution in [1.29, 1.82) is 0 Å². The summed E-state index contributed by atoms with van der Waals surface area (Å²) in [5.74, 6) is 1.89. The number of nitrogens with zero attached hydrogens (tertiary/aromatic N) is 4. The number of aromatic nitrogens is 4. The van der Waals surface area contributed by atoms with Gasteiger partial charge in [-0.25, -0.2) is 4.98 Å². The highest BCUT2D eigenvalue weighted by molar-refractivity contribution is 5.81. The Balaban J connectivity index is 1.62. The molecule has 1 N–H and O–H groups in total. The minimum Gasteiger partial charge on any atom is -0.479 e. The van der Waals surface area contributed by atoms with E-state index < -0.39 is 6.10 Å². The summed E-state index contributed by atoms with van der Waals surface area (Å²) >= 11 is 0. The van der Waals surface area contributed by atoms with E-state index in [0.29, 0.717) is 31.3 Å². The van der Waals surface area contributed by atoms with Crippen LogP contribution in [0.5, 0.6) is 5.75 Å². The van der Waals surface area contributed by atoms with Gasteiger partial charge in [0.2, 0.25) is 0 Å². The van der Waals surface area contributed by atoms with Gasteiger partial charge in [0, 0.05) is 19.2 Å². The van der Waals surface area contributed by atoms with Gasteiger partial charge in [-0.2, -0.15) is 5.10 Å². The number of carbonyl (C=O) groups excluding carboxylic acids is 1. The first kappa shape index (κ1) is 16.4. The van der Waals surface area contributed by atoms with Crippen molar-refractivity contribution >= 4 is 5.91 Å². The molecule has 3 rings (SSSR count). The molecule has 0 spiro atoms. The quantitative estimate of drug-likeness (QED) is 0.883. The molecule has 1 aliphatic rings. The minimum absolute atomic E-state index is 0.0848. The van der Waals surface area contributed by atoms with Crippen LogP contribution in [0.4, 0.5) is 0 Å². The van der Waals surface area contributed by atoms with E-state index in [1.54, 1.807) is 36.4 Å². The number of nitrogens with one attached hydrogen (secondary N) is 1. The smallest absolute Gasteiger partial charge is 0.263 e. The van der Waals surface area contributed by atoms with Crippen molar-refractivity contribution in [3.63, 3.8) is 0 Å². The molecule has 3 heterocycles. The number of morpholine rings is 1. The highest BCUT2D eigenvalue weighted by Crippen LogP contribution is 2.20. The average Bonchev–Trinajstić information content (AvgIpc) is 3.11. The van der Waals surface area contributed by atoms with Gasteiger partial charge >= 0.3 is 0 Å². The van der Waals surface area contributed by atoms with E-state index in [1.165, 1.54) is 0 Å². The molecule has 2 aromatic rings. The Morgan fingerprint density at radius 1 is 1.58 bits per heavy atom. The SMILES string of the molecule is CCc1nc([C@H]2CN(C(=O)[C@@H](C)Oc3cccnc3)CCO2)n[nH]1. The second-order valence-corrected chi connectivity index (χ2v) is 5.59. The van der Waals surface area contributed by atoms with E-state index >= 15 is 0 Å². The first-order valence-electron chi connectivity index (χ1n) is 8.05. The predicted octanol–water partition coefficient (Wildman–Crippen LogP) is 1.13. The third-order valence-corrected chi connectivity index (χ3v) is 3.85. The van der Waals surface area contributed by atoms with Crippen molar-refractivity contribution in [2.75, 3.05) is 19.7 Å².